The monoisotopic (exact) mass is 462 g/mol. The van der Waals surface area contributed by atoms with Crippen molar-refractivity contribution in [3.63, 3.8) is 0 Å². The van der Waals surface area contributed by atoms with Gasteiger partial charge in [0.05, 0.1) is 19.9 Å². The van der Waals surface area contributed by atoms with Gasteiger partial charge in [-0.3, -0.25) is 4.57 Å². The summed E-state index contributed by atoms with van der Waals surface area (Å²) < 4.78 is 37.2. The first-order valence-corrected chi connectivity index (χ1v) is 13.2. The number of halogens is 1. The van der Waals surface area contributed by atoms with Gasteiger partial charge in [0.2, 0.25) is 0 Å². The smallest absolute Gasteiger partial charge is 0.326 e. The summed E-state index contributed by atoms with van der Waals surface area (Å²) in [5, 5.41) is 0. The van der Waals surface area contributed by atoms with Crippen molar-refractivity contribution in [3.8, 4) is 11.5 Å². The number of hydrogen-bond acceptors (Lipinski definition) is 3. The van der Waals surface area contributed by atoms with Crippen molar-refractivity contribution in [2.24, 2.45) is 11.8 Å². The number of benzene rings is 2. The molecular formula is C25H32FO5P. The van der Waals surface area contributed by atoms with Crippen molar-refractivity contribution in [1.29, 1.82) is 0 Å². The van der Waals surface area contributed by atoms with Crippen LogP contribution in [0.2, 0.25) is 0 Å². The second-order valence-electron chi connectivity index (χ2n) is 9.28. The molecule has 32 heavy (non-hydrogen) atoms. The van der Waals surface area contributed by atoms with Gasteiger partial charge in [-0.1, -0.05) is 12.1 Å². The van der Waals surface area contributed by atoms with Gasteiger partial charge in [-0.2, -0.15) is 0 Å². The molecule has 5 nitrogen and oxygen atoms in total. The molecule has 174 valence electrons. The highest BCUT2D eigenvalue weighted by Crippen LogP contribution is 2.50. The average molecular weight is 462 g/mol. The van der Waals surface area contributed by atoms with E-state index >= 15 is 0 Å². The van der Waals surface area contributed by atoms with Gasteiger partial charge in [0, 0.05) is 0 Å². The lowest BCUT2D eigenvalue weighted by Crippen LogP contribution is -2.20. The van der Waals surface area contributed by atoms with Crippen molar-refractivity contribution in [2.45, 2.75) is 50.4 Å². The van der Waals surface area contributed by atoms with Crippen LogP contribution in [-0.2, 0) is 4.57 Å². The van der Waals surface area contributed by atoms with E-state index in [9.17, 15) is 18.7 Å². The lowest BCUT2D eigenvalue weighted by molar-refractivity contribution is 0.199. The Labute approximate surface area is 189 Å². The lowest BCUT2D eigenvalue weighted by atomic mass is 9.79. The highest BCUT2D eigenvalue weighted by molar-refractivity contribution is 7.51. The van der Waals surface area contributed by atoms with E-state index in [2.05, 4.69) is 0 Å². The van der Waals surface area contributed by atoms with E-state index in [0.29, 0.717) is 24.2 Å². The maximum atomic E-state index is 14.3. The fourth-order valence-electron chi connectivity index (χ4n) is 4.93. The van der Waals surface area contributed by atoms with Gasteiger partial charge in [-0.05, 0) is 104 Å². The largest absolute Gasteiger partial charge is 0.497 e. The van der Waals surface area contributed by atoms with Crippen molar-refractivity contribution in [1.82, 2.24) is 0 Å². The van der Waals surface area contributed by atoms with Gasteiger partial charge in [0.1, 0.15) is 17.3 Å². The Morgan fingerprint density at radius 2 is 1.78 bits per heavy atom. The van der Waals surface area contributed by atoms with Gasteiger partial charge in [-0.25, -0.2) is 4.39 Å². The molecule has 0 spiro atoms. The topological polar surface area (TPSA) is 76.0 Å². The summed E-state index contributed by atoms with van der Waals surface area (Å²) in [5.74, 6) is 2.13. The Balaban J connectivity index is 1.32. The molecule has 2 saturated carbocycles. The first kappa shape index (κ1) is 23.3. The van der Waals surface area contributed by atoms with E-state index in [1.54, 1.807) is 13.2 Å². The predicted molar refractivity (Wildman–Crippen MR) is 122 cm³/mol. The van der Waals surface area contributed by atoms with Gasteiger partial charge in [-0.15, -0.1) is 0 Å². The Kier molecular flexibility index (Phi) is 7.24. The maximum Gasteiger partial charge on any atom is 0.326 e. The molecule has 2 fully saturated rings. The van der Waals surface area contributed by atoms with Crippen LogP contribution in [0.1, 0.15) is 61.5 Å². The molecule has 7 heteroatoms. The fraction of sp³-hybridized carbons (Fsp3) is 0.520. The molecule has 0 saturated heterocycles. The molecule has 2 N–H and O–H groups in total. The SMILES string of the molecule is COc1ccc(F)c(C2CCC(COc3cccc([C@@H](CP(=O)(O)O)C4CC4)c3)CC2)c1. The Morgan fingerprint density at radius 1 is 1.03 bits per heavy atom. The Bertz CT molecular complexity index is 963. The molecule has 2 aliphatic carbocycles. The fourth-order valence-corrected chi connectivity index (χ4v) is 5.95. The molecule has 0 radical (unpaired) electrons. The quantitative estimate of drug-likeness (QED) is 0.457. The van der Waals surface area contributed by atoms with Crippen molar-refractivity contribution in [2.75, 3.05) is 19.9 Å². The van der Waals surface area contributed by atoms with Crippen LogP contribution >= 0.6 is 7.60 Å². The van der Waals surface area contributed by atoms with E-state index in [-0.39, 0.29) is 23.8 Å². The summed E-state index contributed by atoms with van der Waals surface area (Å²) >= 11 is 0. The zero-order valence-corrected chi connectivity index (χ0v) is 19.3. The van der Waals surface area contributed by atoms with Crippen LogP contribution in [0, 0.1) is 17.7 Å². The van der Waals surface area contributed by atoms with Gasteiger partial charge >= 0.3 is 7.60 Å². The summed E-state index contributed by atoms with van der Waals surface area (Å²) in [4.78, 5) is 18.9. The summed E-state index contributed by atoms with van der Waals surface area (Å²) in [7, 11) is -2.47. The van der Waals surface area contributed by atoms with E-state index in [1.807, 2.05) is 30.3 Å². The molecule has 0 amide bonds. The van der Waals surface area contributed by atoms with Crippen LogP contribution in [0.3, 0.4) is 0 Å². The summed E-state index contributed by atoms with van der Waals surface area (Å²) in [6, 6.07) is 12.6. The number of hydrogen-bond donors (Lipinski definition) is 2. The molecule has 0 aliphatic heterocycles. The van der Waals surface area contributed by atoms with E-state index in [1.165, 1.54) is 6.07 Å². The van der Waals surface area contributed by atoms with Crippen LogP contribution in [-0.4, -0.2) is 29.7 Å². The first-order valence-electron chi connectivity index (χ1n) is 11.4. The minimum Gasteiger partial charge on any atom is -0.497 e. The van der Waals surface area contributed by atoms with Crippen LogP contribution in [0.5, 0.6) is 11.5 Å². The molecular weight excluding hydrogens is 430 g/mol. The molecule has 0 bridgehead atoms. The predicted octanol–water partition coefficient (Wildman–Crippen LogP) is 5.86. The minimum absolute atomic E-state index is 0.105. The van der Waals surface area contributed by atoms with E-state index in [4.69, 9.17) is 9.47 Å². The minimum atomic E-state index is -4.07. The molecule has 0 unspecified atom stereocenters. The third-order valence-electron chi connectivity index (χ3n) is 6.89. The van der Waals surface area contributed by atoms with Crippen molar-refractivity contribution < 1.29 is 28.2 Å². The molecule has 0 heterocycles. The maximum absolute atomic E-state index is 14.3. The standard InChI is InChI=1S/C25H32FO5P/c1-30-21-11-12-25(26)23(14-21)18-7-5-17(6-8-18)15-31-22-4-2-3-20(13-22)24(19-9-10-19)16-32(27,28)29/h2-4,11-14,17-19,24H,5-10,15-16H2,1H3,(H2,27,28,29)/t17?,18?,24-/m0/s1. The van der Waals surface area contributed by atoms with Crippen LogP contribution < -0.4 is 9.47 Å². The summed E-state index contributed by atoms with van der Waals surface area (Å²) in [6.45, 7) is 0.601. The first-order chi connectivity index (χ1) is 15.3. The second-order valence-corrected chi connectivity index (χ2v) is 11.0. The zero-order valence-electron chi connectivity index (χ0n) is 18.5. The van der Waals surface area contributed by atoms with Crippen LogP contribution in [0.4, 0.5) is 4.39 Å². The molecule has 4 rings (SSSR count). The second kappa shape index (κ2) is 9.94. The lowest BCUT2D eigenvalue weighted by Gasteiger charge is -2.29. The normalized spacial score (nSPS) is 22.4. The molecule has 1 atom stereocenters. The third kappa shape index (κ3) is 6.12. The highest BCUT2D eigenvalue weighted by atomic mass is 31.2. The number of methoxy groups -OCH3 is 1. The number of ether oxygens (including phenoxy) is 2. The van der Waals surface area contributed by atoms with Gasteiger partial charge < -0.3 is 19.3 Å². The third-order valence-corrected chi connectivity index (χ3v) is 7.76. The Morgan fingerprint density at radius 3 is 2.44 bits per heavy atom. The average Bonchev–Trinajstić information content (AvgIpc) is 3.62. The molecule has 2 aromatic carbocycles. The zero-order chi connectivity index (χ0) is 22.7. The molecule has 0 aromatic heterocycles. The van der Waals surface area contributed by atoms with Crippen LogP contribution in [0.15, 0.2) is 42.5 Å². The molecule has 2 aliphatic rings. The van der Waals surface area contributed by atoms with Crippen LogP contribution in [0.25, 0.3) is 0 Å². The van der Waals surface area contributed by atoms with Gasteiger partial charge in [0.15, 0.2) is 0 Å². The summed E-state index contributed by atoms with van der Waals surface area (Å²) in [6.07, 6.45) is 5.73. The number of rotatable bonds is 9. The van der Waals surface area contributed by atoms with E-state index in [0.717, 1.165) is 55.4 Å². The summed E-state index contributed by atoms with van der Waals surface area (Å²) in [5.41, 5.74) is 1.69. The molecule has 2 aromatic rings. The highest BCUT2D eigenvalue weighted by Gasteiger charge is 2.36. The van der Waals surface area contributed by atoms with E-state index < -0.39 is 7.60 Å². The Hall–Kier alpha value is -1.88. The van der Waals surface area contributed by atoms with Crippen molar-refractivity contribution in [3.05, 3.63) is 59.4 Å². The van der Waals surface area contributed by atoms with Crippen molar-refractivity contribution >= 4 is 7.60 Å². The van der Waals surface area contributed by atoms with Gasteiger partial charge in [0.25, 0.3) is 0 Å².